The lowest BCUT2D eigenvalue weighted by molar-refractivity contribution is 0.0864. The largest absolute Gasteiger partial charge is 0.490 e. The van der Waals surface area contributed by atoms with Crippen LogP contribution < -0.4 is 15.0 Å². The van der Waals surface area contributed by atoms with Crippen molar-refractivity contribution < 1.29 is 14.3 Å². The Morgan fingerprint density at radius 2 is 2.12 bits per heavy atom. The van der Waals surface area contributed by atoms with Gasteiger partial charge < -0.3 is 14.3 Å². The first-order valence-corrected chi connectivity index (χ1v) is 6.03. The SMILES string of the molecule is CCc1c(CNOC)ccc2c1OCCCO2. The van der Waals surface area contributed by atoms with Gasteiger partial charge in [0, 0.05) is 18.5 Å². The van der Waals surface area contributed by atoms with Crippen molar-refractivity contribution in [1.82, 2.24) is 5.48 Å². The van der Waals surface area contributed by atoms with Crippen LogP contribution in [0.1, 0.15) is 24.5 Å². The third kappa shape index (κ3) is 2.70. The monoisotopic (exact) mass is 237 g/mol. The van der Waals surface area contributed by atoms with E-state index >= 15 is 0 Å². The molecule has 0 atom stereocenters. The van der Waals surface area contributed by atoms with Crippen molar-refractivity contribution in [3.8, 4) is 11.5 Å². The molecule has 0 spiro atoms. The molecule has 0 bridgehead atoms. The smallest absolute Gasteiger partial charge is 0.164 e. The molecule has 1 heterocycles. The third-order valence-corrected chi connectivity index (χ3v) is 2.87. The minimum atomic E-state index is 0.677. The maximum atomic E-state index is 5.80. The molecule has 0 aromatic heterocycles. The van der Waals surface area contributed by atoms with Gasteiger partial charge in [-0.1, -0.05) is 13.0 Å². The van der Waals surface area contributed by atoms with Crippen LogP contribution in [0.2, 0.25) is 0 Å². The van der Waals surface area contributed by atoms with Gasteiger partial charge in [0.1, 0.15) is 0 Å². The maximum absolute atomic E-state index is 5.80. The quantitative estimate of drug-likeness (QED) is 0.814. The molecule has 0 amide bonds. The lowest BCUT2D eigenvalue weighted by Gasteiger charge is -2.15. The standard InChI is InChI=1S/C13H19NO3/c1-3-11-10(9-14-15-2)5-6-12-13(11)17-8-4-7-16-12/h5-6,14H,3-4,7-9H2,1-2H3. The molecule has 0 unspecified atom stereocenters. The highest BCUT2D eigenvalue weighted by atomic mass is 16.6. The van der Waals surface area contributed by atoms with Crippen molar-refractivity contribution in [2.45, 2.75) is 26.3 Å². The molecule has 0 saturated heterocycles. The van der Waals surface area contributed by atoms with Crippen LogP contribution in [0.15, 0.2) is 12.1 Å². The van der Waals surface area contributed by atoms with Gasteiger partial charge in [0.2, 0.25) is 0 Å². The van der Waals surface area contributed by atoms with E-state index in [0.29, 0.717) is 6.54 Å². The van der Waals surface area contributed by atoms with Gasteiger partial charge in [0.05, 0.1) is 20.3 Å². The molecule has 4 heteroatoms. The topological polar surface area (TPSA) is 39.7 Å². The van der Waals surface area contributed by atoms with Gasteiger partial charge in [-0.05, 0) is 18.1 Å². The molecular weight excluding hydrogens is 218 g/mol. The fourth-order valence-corrected chi connectivity index (χ4v) is 2.04. The average Bonchev–Trinajstić information content (AvgIpc) is 2.60. The van der Waals surface area contributed by atoms with E-state index in [4.69, 9.17) is 14.3 Å². The molecule has 0 radical (unpaired) electrons. The second-order valence-electron chi connectivity index (χ2n) is 3.96. The molecule has 1 aliphatic rings. The van der Waals surface area contributed by atoms with E-state index in [2.05, 4.69) is 18.5 Å². The lowest BCUT2D eigenvalue weighted by atomic mass is 10.0. The molecule has 0 fully saturated rings. The molecular formula is C13H19NO3. The van der Waals surface area contributed by atoms with Crippen LogP contribution in [0.3, 0.4) is 0 Å². The Morgan fingerprint density at radius 1 is 1.29 bits per heavy atom. The van der Waals surface area contributed by atoms with E-state index in [9.17, 15) is 0 Å². The first-order chi connectivity index (χ1) is 8.36. The van der Waals surface area contributed by atoms with Gasteiger partial charge in [-0.3, -0.25) is 0 Å². The minimum absolute atomic E-state index is 0.677. The number of rotatable bonds is 4. The summed E-state index contributed by atoms with van der Waals surface area (Å²) in [6.45, 7) is 4.25. The first-order valence-electron chi connectivity index (χ1n) is 6.03. The van der Waals surface area contributed by atoms with Crippen molar-refractivity contribution in [2.75, 3.05) is 20.3 Å². The molecule has 0 saturated carbocycles. The van der Waals surface area contributed by atoms with Crippen molar-refractivity contribution in [3.05, 3.63) is 23.3 Å². The van der Waals surface area contributed by atoms with E-state index in [1.54, 1.807) is 7.11 Å². The predicted octanol–water partition coefficient (Wildman–Crippen LogP) is 2.06. The zero-order valence-corrected chi connectivity index (χ0v) is 10.4. The van der Waals surface area contributed by atoms with Gasteiger partial charge in [-0.15, -0.1) is 0 Å². The van der Waals surface area contributed by atoms with Crippen LogP contribution in [0.4, 0.5) is 0 Å². The summed E-state index contributed by atoms with van der Waals surface area (Å²) in [5, 5.41) is 0. The molecule has 1 aromatic rings. The highest BCUT2D eigenvalue weighted by Gasteiger charge is 2.16. The summed E-state index contributed by atoms with van der Waals surface area (Å²) >= 11 is 0. The molecule has 2 rings (SSSR count). The highest BCUT2D eigenvalue weighted by Crippen LogP contribution is 2.35. The zero-order valence-electron chi connectivity index (χ0n) is 10.4. The number of benzene rings is 1. The molecule has 4 nitrogen and oxygen atoms in total. The number of nitrogens with one attached hydrogen (secondary N) is 1. The normalized spacial score (nSPS) is 14.5. The van der Waals surface area contributed by atoms with Crippen LogP contribution in [-0.2, 0) is 17.8 Å². The van der Waals surface area contributed by atoms with Gasteiger partial charge in [-0.25, -0.2) is 0 Å². The van der Waals surface area contributed by atoms with Crippen LogP contribution in [-0.4, -0.2) is 20.3 Å². The minimum Gasteiger partial charge on any atom is -0.490 e. The second kappa shape index (κ2) is 5.89. The maximum Gasteiger partial charge on any atom is 0.164 e. The number of fused-ring (bicyclic) bond motifs is 1. The van der Waals surface area contributed by atoms with Gasteiger partial charge in [-0.2, -0.15) is 5.48 Å². The summed E-state index contributed by atoms with van der Waals surface area (Å²) in [7, 11) is 1.62. The van der Waals surface area contributed by atoms with E-state index < -0.39 is 0 Å². The first kappa shape index (κ1) is 12.2. The number of ether oxygens (including phenoxy) is 2. The molecule has 1 N–H and O–H groups in total. The predicted molar refractivity (Wildman–Crippen MR) is 65.3 cm³/mol. The van der Waals surface area contributed by atoms with E-state index in [-0.39, 0.29) is 0 Å². The second-order valence-corrected chi connectivity index (χ2v) is 3.96. The van der Waals surface area contributed by atoms with E-state index in [0.717, 1.165) is 37.6 Å². The third-order valence-electron chi connectivity index (χ3n) is 2.87. The lowest BCUT2D eigenvalue weighted by Crippen LogP contribution is -2.13. The summed E-state index contributed by atoms with van der Waals surface area (Å²) in [5.41, 5.74) is 5.26. The molecule has 1 aliphatic heterocycles. The van der Waals surface area contributed by atoms with Crippen LogP contribution in [0.5, 0.6) is 11.5 Å². The fourth-order valence-electron chi connectivity index (χ4n) is 2.04. The van der Waals surface area contributed by atoms with Crippen molar-refractivity contribution in [2.24, 2.45) is 0 Å². The summed E-state index contributed by atoms with van der Waals surface area (Å²) in [6.07, 6.45) is 1.86. The summed E-state index contributed by atoms with van der Waals surface area (Å²) in [6, 6.07) is 4.05. The van der Waals surface area contributed by atoms with Crippen LogP contribution in [0.25, 0.3) is 0 Å². The summed E-state index contributed by atoms with van der Waals surface area (Å²) in [4.78, 5) is 4.89. The number of hydroxylamine groups is 1. The Kier molecular flexibility index (Phi) is 4.23. The Bertz CT molecular complexity index is 379. The Morgan fingerprint density at radius 3 is 2.88 bits per heavy atom. The molecule has 17 heavy (non-hydrogen) atoms. The zero-order chi connectivity index (χ0) is 12.1. The van der Waals surface area contributed by atoms with Gasteiger partial charge >= 0.3 is 0 Å². The fraction of sp³-hybridized carbons (Fsp3) is 0.538. The van der Waals surface area contributed by atoms with Crippen LogP contribution >= 0.6 is 0 Å². The van der Waals surface area contributed by atoms with E-state index in [1.807, 2.05) is 6.07 Å². The summed E-state index contributed by atoms with van der Waals surface area (Å²) < 4.78 is 11.5. The Balaban J connectivity index is 2.32. The van der Waals surface area contributed by atoms with Crippen molar-refractivity contribution in [3.63, 3.8) is 0 Å². The molecule has 1 aromatic carbocycles. The van der Waals surface area contributed by atoms with E-state index in [1.165, 1.54) is 11.1 Å². The number of hydrogen-bond acceptors (Lipinski definition) is 4. The molecule has 94 valence electrons. The highest BCUT2D eigenvalue weighted by molar-refractivity contribution is 5.51. The van der Waals surface area contributed by atoms with Crippen molar-refractivity contribution in [1.29, 1.82) is 0 Å². The Labute approximate surface area is 102 Å². The van der Waals surface area contributed by atoms with Gasteiger partial charge in [0.15, 0.2) is 11.5 Å². The molecule has 0 aliphatic carbocycles. The van der Waals surface area contributed by atoms with Gasteiger partial charge in [0.25, 0.3) is 0 Å². The summed E-state index contributed by atoms with van der Waals surface area (Å²) in [5.74, 6) is 1.76. The van der Waals surface area contributed by atoms with Crippen LogP contribution in [0, 0.1) is 0 Å². The van der Waals surface area contributed by atoms with Crippen molar-refractivity contribution >= 4 is 0 Å². The number of hydrogen-bond donors (Lipinski definition) is 1. The Hall–Kier alpha value is -1.26. The average molecular weight is 237 g/mol.